The van der Waals surface area contributed by atoms with E-state index in [1.807, 2.05) is 22.4 Å². The molecule has 1 amide bonds. The van der Waals surface area contributed by atoms with Crippen molar-refractivity contribution in [3.8, 4) is 0 Å². The van der Waals surface area contributed by atoms with E-state index in [0.717, 1.165) is 5.56 Å². The smallest absolute Gasteiger partial charge is 0.338 e. The molecule has 6 nitrogen and oxygen atoms in total. The summed E-state index contributed by atoms with van der Waals surface area (Å²) in [6, 6.07) is 12.8. The lowest BCUT2D eigenvalue weighted by Crippen LogP contribution is -2.37. The van der Waals surface area contributed by atoms with Crippen LogP contribution in [0.5, 0.6) is 0 Å². The van der Waals surface area contributed by atoms with E-state index in [1.165, 1.54) is 31.0 Å². The van der Waals surface area contributed by atoms with Crippen molar-refractivity contribution >= 4 is 40.4 Å². The quantitative estimate of drug-likeness (QED) is 0.587. The molecule has 4 rings (SSSR count). The van der Waals surface area contributed by atoms with Crippen LogP contribution in [0.15, 0.2) is 75.9 Å². The Hall–Kier alpha value is -3.10. The summed E-state index contributed by atoms with van der Waals surface area (Å²) in [6.07, 6.45) is 0.0684. The van der Waals surface area contributed by atoms with Crippen LogP contribution in [-0.2, 0) is 20.9 Å². The number of allylic oxidation sites excluding steroid dienone is 1. The van der Waals surface area contributed by atoms with Gasteiger partial charge in [-0.25, -0.2) is 14.2 Å². The third-order valence-corrected chi connectivity index (χ3v) is 6.45. The highest BCUT2D eigenvalue weighted by Gasteiger charge is 2.40. The van der Waals surface area contributed by atoms with Gasteiger partial charge < -0.3 is 15.0 Å². The zero-order valence-corrected chi connectivity index (χ0v) is 19.5. The first kappa shape index (κ1) is 23.1. The van der Waals surface area contributed by atoms with E-state index in [9.17, 15) is 14.0 Å². The minimum absolute atomic E-state index is 0.0684. The minimum atomic E-state index is -0.514. The fourth-order valence-electron chi connectivity index (χ4n) is 3.78. The molecule has 1 N–H and O–H groups in total. The Bertz CT molecular complexity index is 1190. The Labute approximate surface area is 200 Å². The Morgan fingerprint density at radius 2 is 2.00 bits per heavy atom. The molecule has 0 aromatic heterocycles. The summed E-state index contributed by atoms with van der Waals surface area (Å²) in [5.41, 5.74) is 3.15. The molecule has 0 aliphatic carbocycles. The van der Waals surface area contributed by atoms with E-state index in [1.54, 1.807) is 31.2 Å². The third-order valence-electron chi connectivity index (χ3n) is 5.31. The number of rotatable bonds is 6. The van der Waals surface area contributed by atoms with Gasteiger partial charge >= 0.3 is 5.97 Å². The first-order valence-corrected chi connectivity index (χ1v) is 11.4. The average Bonchev–Trinajstić information content (AvgIpc) is 3.18. The second-order valence-corrected chi connectivity index (χ2v) is 8.79. The van der Waals surface area contributed by atoms with Crippen molar-refractivity contribution in [2.45, 2.75) is 25.9 Å². The number of carbonyl (C=O) groups is 2. The Kier molecular flexibility index (Phi) is 6.85. The van der Waals surface area contributed by atoms with Gasteiger partial charge in [0.05, 0.1) is 30.8 Å². The van der Waals surface area contributed by atoms with Gasteiger partial charge in [-0.05, 0) is 47.7 Å². The predicted molar refractivity (Wildman–Crippen MR) is 127 cm³/mol. The summed E-state index contributed by atoms with van der Waals surface area (Å²) < 4.78 is 18.4. The standard InChI is InChI=1S/C24H21ClFN3O3S/c1-14-21(23(31)32-2)22(16-6-8-17(25)9-7-16)29-19(13-33-24(29)28-14)11-20(30)27-12-15-4-3-5-18(26)10-15/h3-10,13,22H,11-12H2,1-2H3,(H,27,30)/t22-/m0/s1. The molecular weight excluding hydrogens is 465 g/mol. The zero-order chi connectivity index (χ0) is 23.5. The van der Waals surface area contributed by atoms with Crippen molar-refractivity contribution in [1.29, 1.82) is 0 Å². The third kappa shape index (κ3) is 4.96. The molecule has 2 aliphatic rings. The molecule has 0 spiro atoms. The maximum atomic E-state index is 13.4. The van der Waals surface area contributed by atoms with Crippen LogP contribution >= 0.6 is 23.4 Å². The molecule has 0 unspecified atom stereocenters. The van der Waals surface area contributed by atoms with Crippen molar-refractivity contribution in [2.75, 3.05) is 7.11 Å². The molecule has 0 radical (unpaired) electrons. The Morgan fingerprint density at radius 1 is 1.24 bits per heavy atom. The van der Waals surface area contributed by atoms with Gasteiger partial charge in [0.1, 0.15) is 5.82 Å². The summed E-state index contributed by atoms with van der Waals surface area (Å²) in [6.45, 7) is 1.98. The number of hydrogen-bond donors (Lipinski definition) is 1. The fourth-order valence-corrected chi connectivity index (χ4v) is 4.87. The van der Waals surface area contributed by atoms with Crippen molar-refractivity contribution < 1.29 is 18.7 Å². The van der Waals surface area contributed by atoms with Crippen molar-refractivity contribution in [3.05, 3.63) is 92.9 Å². The number of carbonyl (C=O) groups excluding carboxylic acids is 2. The lowest BCUT2D eigenvalue weighted by molar-refractivity contribution is -0.136. The highest BCUT2D eigenvalue weighted by atomic mass is 35.5. The lowest BCUT2D eigenvalue weighted by Gasteiger charge is -2.36. The van der Waals surface area contributed by atoms with Gasteiger partial charge in [0.25, 0.3) is 0 Å². The van der Waals surface area contributed by atoms with E-state index in [0.29, 0.717) is 32.7 Å². The number of esters is 1. The molecule has 9 heteroatoms. The maximum absolute atomic E-state index is 13.4. The topological polar surface area (TPSA) is 71.0 Å². The molecule has 0 saturated carbocycles. The normalized spacial score (nSPS) is 17.3. The van der Waals surface area contributed by atoms with E-state index in [2.05, 4.69) is 10.3 Å². The second-order valence-electron chi connectivity index (χ2n) is 7.52. The van der Waals surface area contributed by atoms with Crippen LogP contribution in [0.1, 0.15) is 30.5 Å². The molecular formula is C24H21ClFN3O3S. The molecule has 2 heterocycles. The lowest BCUT2D eigenvalue weighted by atomic mass is 9.94. The largest absolute Gasteiger partial charge is 0.466 e. The number of ether oxygens (including phenoxy) is 1. The first-order valence-electron chi connectivity index (χ1n) is 10.2. The van der Waals surface area contributed by atoms with Crippen molar-refractivity contribution in [3.63, 3.8) is 0 Å². The van der Waals surface area contributed by atoms with Crippen LogP contribution in [0.3, 0.4) is 0 Å². The van der Waals surface area contributed by atoms with E-state index in [4.69, 9.17) is 16.3 Å². The van der Waals surface area contributed by atoms with Gasteiger partial charge in [-0.2, -0.15) is 0 Å². The maximum Gasteiger partial charge on any atom is 0.338 e. The summed E-state index contributed by atoms with van der Waals surface area (Å²) in [5.74, 6) is -1.07. The van der Waals surface area contributed by atoms with E-state index >= 15 is 0 Å². The molecule has 2 aromatic rings. The Morgan fingerprint density at radius 3 is 2.70 bits per heavy atom. The van der Waals surface area contributed by atoms with Crippen LogP contribution < -0.4 is 5.32 Å². The zero-order valence-electron chi connectivity index (χ0n) is 18.0. The molecule has 33 heavy (non-hydrogen) atoms. The number of methoxy groups -OCH3 is 1. The average molecular weight is 486 g/mol. The second kappa shape index (κ2) is 9.80. The highest BCUT2D eigenvalue weighted by molar-refractivity contribution is 8.16. The number of benzene rings is 2. The Balaban J connectivity index is 1.59. The van der Waals surface area contributed by atoms with Gasteiger partial charge in [0, 0.05) is 17.3 Å². The van der Waals surface area contributed by atoms with E-state index in [-0.39, 0.29) is 24.7 Å². The number of thioether (sulfide) groups is 1. The molecule has 1 atom stereocenters. The van der Waals surface area contributed by atoms with Gasteiger partial charge in [0.2, 0.25) is 5.91 Å². The number of fused-ring (bicyclic) bond motifs is 1. The number of nitrogens with zero attached hydrogens (tertiary/aromatic N) is 2. The first-order chi connectivity index (χ1) is 15.9. The number of amides is 1. The summed E-state index contributed by atoms with van der Waals surface area (Å²) in [7, 11) is 1.33. The van der Waals surface area contributed by atoms with Gasteiger partial charge in [-0.3, -0.25) is 4.79 Å². The number of hydrogen-bond acceptors (Lipinski definition) is 6. The van der Waals surface area contributed by atoms with Crippen molar-refractivity contribution in [1.82, 2.24) is 10.2 Å². The van der Waals surface area contributed by atoms with Gasteiger partial charge in [0.15, 0.2) is 5.17 Å². The highest BCUT2D eigenvalue weighted by Crippen LogP contribution is 2.44. The van der Waals surface area contributed by atoms with Gasteiger partial charge in [-0.15, -0.1) is 0 Å². The van der Waals surface area contributed by atoms with Crippen LogP contribution in [0.25, 0.3) is 0 Å². The number of aliphatic imine (C=N–C) groups is 1. The number of halogens is 2. The molecule has 170 valence electrons. The fraction of sp³-hybridized carbons (Fsp3) is 0.208. The molecule has 0 saturated heterocycles. The molecule has 2 aromatic carbocycles. The molecule has 0 bridgehead atoms. The van der Waals surface area contributed by atoms with E-state index < -0.39 is 12.0 Å². The summed E-state index contributed by atoms with van der Waals surface area (Å²) >= 11 is 7.47. The minimum Gasteiger partial charge on any atom is -0.466 e. The van der Waals surface area contributed by atoms with Crippen molar-refractivity contribution in [2.24, 2.45) is 4.99 Å². The molecule has 0 fully saturated rings. The summed E-state index contributed by atoms with van der Waals surface area (Å²) in [5, 5.41) is 5.93. The van der Waals surface area contributed by atoms with Crippen LogP contribution in [-0.4, -0.2) is 29.1 Å². The molecule has 2 aliphatic heterocycles. The summed E-state index contributed by atoms with van der Waals surface area (Å²) in [4.78, 5) is 31.9. The predicted octanol–water partition coefficient (Wildman–Crippen LogP) is 4.93. The number of nitrogens with one attached hydrogen (secondary N) is 1. The van der Waals surface area contributed by atoms with Crippen LogP contribution in [0, 0.1) is 5.82 Å². The number of amidine groups is 1. The monoisotopic (exact) mass is 485 g/mol. The van der Waals surface area contributed by atoms with Gasteiger partial charge in [-0.1, -0.05) is 47.6 Å². The van der Waals surface area contributed by atoms with Crippen LogP contribution in [0.4, 0.5) is 4.39 Å². The van der Waals surface area contributed by atoms with Crippen LogP contribution in [0.2, 0.25) is 5.02 Å². The SMILES string of the molecule is COC(=O)C1=C(C)N=C2SC=C(CC(=O)NCc3cccc(F)c3)N2[C@H]1c1ccc(Cl)cc1.